The molecule has 0 bridgehead atoms. The molecule has 2 aromatic heterocycles. The number of carbonyl (C=O) groups excluding carboxylic acids is 4. The second-order valence-corrected chi connectivity index (χ2v) is 16.8. The zero-order valence-corrected chi connectivity index (χ0v) is 32.9. The average molecular weight is 750 g/mol. The van der Waals surface area contributed by atoms with Crippen molar-refractivity contribution in [3.63, 3.8) is 0 Å². The Morgan fingerprint density at radius 1 is 0.887 bits per heavy atom. The molecule has 288 valence electrons. The number of fused-ring (bicyclic) bond motifs is 1. The number of piperidine rings is 1. The molecule has 4 N–H and O–H groups in total. The molecule has 1 atom stereocenters. The maximum atomic E-state index is 13.8. The van der Waals surface area contributed by atoms with Crippen molar-refractivity contribution in [1.82, 2.24) is 25.4 Å². The van der Waals surface area contributed by atoms with E-state index in [-0.39, 0.29) is 23.9 Å². The van der Waals surface area contributed by atoms with Crippen LogP contribution in [0.3, 0.4) is 0 Å². The lowest BCUT2D eigenvalue weighted by Crippen LogP contribution is -2.62. The third-order valence-corrected chi connectivity index (χ3v) is 10.3. The van der Waals surface area contributed by atoms with Crippen LogP contribution in [0.15, 0.2) is 36.4 Å². The first kappa shape index (κ1) is 39.6. The van der Waals surface area contributed by atoms with Crippen LogP contribution in [0.5, 0.6) is 0 Å². The summed E-state index contributed by atoms with van der Waals surface area (Å²) < 4.78 is 11.2. The van der Waals surface area contributed by atoms with Gasteiger partial charge >= 0.3 is 12.2 Å². The number of nitrogens with two attached hydrogens (primary N) is 1. The van der Waals surface area contributed by atoms with Crippen LogP contribution >= 0.6 is 11.3 Å². The first-order valence-corrected chi connectivity index (χ1v) is 19.4. The highest BCUT2D eigenvalue weighted by atomic mass is 32.1. The molecule has 1 unspecified atom stereocenters. The number of nitrogens with one attached hydrogen (secondary N) is 2. The van der Waals surface area contributed by atoms with E-state index in [2.05, 4.69) is 27.4 Å². The molecular weight excluding hydrogens is 695 g/mol. The number of likely N-dealkylation sites (tertiary alicyclic amines) is 1. The molecule has 3 aromatic rings. The lowest BCUT2D eigenvalue weighted by atomic mass is 10.0. The molecule has 2 saturated heterocycles. The monoisotopic (exact) mass is 749 g/mol. The quantitative estimate of drug-likeness (QED) is 0.248. The minimum absolute atomic E-state index is 0.137. The van der Waals surface area contributed by atoms with Crippen LogP contribution in [0.2, 0.25) is 0 Å². The van der Waals surface area contributed by atoms with Crippen LogP contribution in [-0.4, -0.2) is 101 Å². The van der Waals surface area contributed by atoms with Gasteiger partial charge in [-0.25, -0.2) is 14.6 Å². The Kier molecular flexibility index (Phi) is 12.4. The van der Waals surface area contributed by atoms with Crippen molar-refractivity contribution in [1.29, 1.82) is 0 Å². The highest BCUT2D eigenvalue weighted by Gasteiger charge is 2.39. The van der Waals surface area contributed by atoms with Crippen molar-refractivity contribution < 1.29 is 28.7 Å². The number of carbonyl (C=O) groups is 4. The molecule has 0 saturated carbocycles. The van der Waals surface area contributed by atoms with E-state index in [9.17, 15) is 19.2 Å². The van der Waals surface area contributed by atoms with E-state index >= 15 is 0 Å². The topological polar surface area (TPSA) is 159 Å². The number of ether oxygens (including phenoxy) is 2. The number of amides is 4. The standard InChI is InChI=1S/C39H55N7O6S/c1-8-9-26-12-15-29-31(40)32(53-35(29)43-26)34(48)41-19-16-25-10-13-28(14-11-25)45-22-23-46(37(50)52-39(5,6)7)30(24-45)33(47)42-27-17-20-44(21-18-27)36(49)51-38(2,3)4/h10-15,27,30H,8-9,16-24,40H2,1-7H3,(H,41,48)(H,42,47). The number of aryl methyl sites for hydroxylation is 1. The van der Waals surface area contributed by atoms with Gasteiger partial charge in [0.1, 0.15) is 27.0 Å². The number of benzene rings is 1. The molecule has 0 radical (unpaired) electrons. The van der Waals surface area contributed by atoms with Gasteiger partial charge in [-0.2, -0.15) is 0 Å². The number of hydrogen-bond acceptors (Lipinski definition) is 10. The van der Waals surface area contributed by atoms with Crippen molar-refractivity contribution in [2.45, 2.75) is 104 Å². The molecule has 2 aliphatic heterocycles. The Morgan fingerprint density at radius 3 is 2.19 bits per heavy atom. The number of piperazine rings is 1. The second kappa shape index (κ2) is 16.6. The fourth-order valence-corrected chi connectivity index (χ4v) is 7.51. The Balaban J connectivity index is 1.18. The highest BCUT2D eigenvalue weighted by Crippen LogP contribution is 2.33. The van der Waals surface area contributed by atoms with E-state index in [1.54, 1.807) is 25.7 Å². The lowest BCUT2D eigenvalue weighted by Gasteiger charge is -2.42. The van der Waals surface area contributed by atoms with Gasteiger partial charge in [0, 0.05) is 62.1 Å². The number of nitrogens with zero attached hydrogens (tertiary/aromatic N) is 4. The number of pyridine rings is 1. The Morgan fingerprint density at radius 2 is 1.55 bits per heavy atom. The van der Waals surface area contributed by atoms with E-state index in [0.29, 0.717) is 69.1 Å². The van der Waals surface area contributed by atoms with Crippen LogP contribution < -0.4 is 21.3 Å². The molecule has 2 aliphatic rings. The molecule has 5 rings (SSSR count). The number of nitrogen functional groups attached to an aromatic ring is 1. The summed E-state index contributed by atoms with van der Waals surface area (Å²) in [4.78, 5) is 63.9. The predicted molar refractivity (Wildman–Crippen MR) is 208 cm³/mol. The molecular formula is C39H55N7O6S. The molecule has 0 aliphatic carbocycles. The first-order valence-electron chi connectivity index (χ1n) is 18.6. The summed E-state index contributed by atoms with van der Waals surface area (Å²) in [5, 5.41) is 6.96. The van der Waals surface area contributed by atoms with E-state index in [4.69, 9.17) is 15.2 Å². The fourth-order valence-electron chi connectivity index (χ4n) is 6.48. The predicted octanol–water partition coefficient (Wildman–Crippen LogP) is 5.74. The Labute approximate surface area is 316 Å². The van der Waals surface area contributed by atoms with Crippen molar-refractivity contribution in [3.05, 3.63) is 52.5 Å². The van der Waals surface area contributed by atoms with E-state index in [1.807, 2.05) is 57.2 Å². The van der Waals surface area contributed by atoms with Crippen molar-refractivity contribution in [3.8, 4) is 0 Å². The van der Waals surface area contributed by atoms with Crippen LogP contribution in [0.25, 0.3) is 10.2 Å². The van der Waals surface area contributed by atoms with Crippen molar-refractivity contribution >= 4 is 56.9 Å². The number of hydrogen-bond donors (Lipinski definition) is 3. The molecule has 4 heterocycles. The third-order valence-electron chi connectivity index (χ3n) is 9.17. The summed E-state index contributed by atoms with van der Waals surface area (Å²) in [5.41, 5.74) is 8.47. The minimum Gasteiger partial charge on any atom is -0.444 e. The van der Waals surface area contributed by atoms with Crippen LogP contribution in [0, 0.1) is 0 Å². The van der Waals surface area contributed by atoms with E-state index in [1.165, 1.54) is 16.2 Å². The number of thiophene rings is 1. The normalized spacial score (nSPS) is 17.1. The molecule has 2 fully saturated rings. The zero-order chi connectivity index (χ0) is 38.5. The summed E-state index contributed by atoms with van der Waals surface area (Å²) in [6.45, 7) is 15.6. The average Bonchev–Trinajstić information content (AvgIpc) is 3.42. The first-order chi connectivity index (χ1) is 25.0. The third kappa shape index (κ3) is 10.5. The summed E-state index contributed by atoms with van der Waals surface area (Å²) in [6, 6.07) is 11.1. The van der Waals surface area contributed by atoms with Gasteiger partial charge in [-0.15, -0.1) is 11.3 Å². The lowest BCUT2D eigenvalue weighted by molar-refractivity contribution is -0.127. The number of anilines is 2. The van der Waals surface area contributed by atoms with E-state index < -0.39 is 23.3 Å². The van der Waals surface area contributed by atoms with Gasteiger partial charge in [-0.05, 0) is 97.1 Å². The Hall–Kier alpha value is -4.59. The van der Waals surface area contributed by atoms with Gasteiger partial charge in [0.2, 0.25) is 5.91 Å². The molecule has 0 spiro atoms. The smallest absolute Gasteiger partial charge is 0.411 e. The zero-order valence-electron chi connectivity index (χ0n) is 32.1. The molecule has 1 aromatic carbocycles. The highest BCUT2D eigenvalue weighted by molar-refractivity contribution is 7.21. The molecule has 14 heteroatoms. The summed E-state index contributed by atoms with van der Waals surface area (Å²) in [5.74, 6) is -0.458. The maximum absolute atomic E-state index is 13.8. The second-order valence-electron chi connectivity index (χ2n) is 15.8. The Bertz CT molecular complexity index is 1770. The van der Waals surface area contributed by atoms with Crippen molar-refractivity contribution in [2.75, 3.05) is 49.9 Å². The van der Waals surface area contributed by atoms with Crippen LogP contribution in [0.1, 0.15) is 88.7 Å². The summed E-state index contributed by atoms with van der Waals surface area (Å²) >= 11 is 1.32. The van der Waals surface area contributed by atoms with Gasteiger partial charge in [0.15, 0.2) is 0 Å². The van der Waals surface area contributed by atoms with Crippen LogP contribution in [-0.2, 0) is 27.1 Å². The maximum Gasteiger partial charge on any atom is 0.411 e. The minimum atomic E-state index is -0.771. The molecule has 4 amide bonds. The SMILES string of the molecule is CCCc1ccc2c(N)c(C(=O)NCCc3ccc(N4CCN(C(=O)OC(C)(C)C)C(C(=O)NC5CCN(C(=O)OC(C)(C)C)CC5)C4)cc3)sc2n1. The van der Waals surface area contributed by atoms with Crippen molar-refractivity contribution in [2.24, 2.45) is 0 Å². The molecule has 13 nitrogen and oxygen atoms in total. The summed E-state index contributed by atoms with van der Waals surface area (Å²) in [6.07, 6.45) is 2.80. The van der Waals surface area contributed by atoms with Gasteiger partial charge in [0.05, 0.1) is 5.69 Å². The summed E-state index contributed by atoms with van der Waals surface area (Å²) in [7, 11) is 0. The largest absolute Gasteiger partial charge is 0.444 e. The van der Waals surface area contributed by atoms with Gasteiger partial charge < -0.3 is 35.6 Å². The van der Waals surface area contributed by atoms with Crippen LogP contribution in [0.4, 0.5) is 21.0 Å². The molecule has 53 heavy (non-hydrogen) atoms. The van der Waals surface area contributed by atoms with E-state index in [0.717, 1.165) is 40.0 Å². The van der Waals surface area contributed by atoms with Gasteiger partial charge in [-0.3, -0.25) is 14.5 Å². The number of rotatable bonds is 9. The number of aromatic nitrogens is 1. The fraction of sp³-hybridized carbons (Fsp3) is 0.564. The van der Waals surface area contributed by atoms with Gasteiger partial charge in [0.25, 0.3) is 5.91 Å². The van der Waals surface area contributed by atoms with Gasteiger partial charge in [-0.1, -0.05) is 25.5 Å².